The van der Waals surface area contributed by atoms with Crippen LogP contribution in [0.3, 0.4) is 0 Å². The van der Waals surface area contributed by atoms with Crippen LogP contribution in [-0.2, 0) is 6.42 Å². The van der Waals surface area contributed by atoms with Gasteiger partial charge in [-0.2, -0.15) is 5.26 Å². The van der Waals surface area contributed by atoms with Crippen LogP contribution < -0.4 is 9.47 Å². The Labute approximate surface area is 132 Å². The van der Waals surface area contributed by atoms with E-state index in [1.165, 1.54) is 0 Å². The van der Waals surface area contributed by atoms with Gasteiger partial charge in [0.25, 0.3) is 0 Å². The first-order chi connectivity index (χ1) is 9.97. The van der Waals surface area contributed by atoms with Crippen molar-refractivity contribution in [3.8, 4) is 23.3 Å². The van der Waals surface area contributed by atoms with Gasteiger partial charge in [-0.05, 0) is 38.1 Å². The summed E-state index contributed by atoms with van der Waals surface area (Å²) in [5, 5.41) is 9.02. The number of benzene rings is 2. The van der Waals surface area contributed by atoms with Crippen molar-refractivity contribution in [2.24, 2.45) is 0 Å². The zero-order valence-electron chi connectivity index (χ0n) is 11.8. The lowest BCUT2D eigenvalue weighted by Gasteiger charge is -2.18. The van der Waals surface area contributed by atoms with E-state index in [0.29, 0.717) is 17.1 Å². The molecule has 0 saturated carbocycles. The second kappa shape index (κ2) is 5.09. The first-order valence-corrected chi connectivity index (χ1v) is 7.46. The van der Waals surface area contributed by atoms with Gasteiger partial charge < -0.3 is 9.47 Å². The number of fused-ring (bicyclic) bond motifs is 1. The molecule has 0 amide bonds. The molecule has 1 aliphatic rings. The Kier molecular flexibility index (Phi) is 3.38. The third-order valence-corrected chi connectivity index (χ3v) is 3.74. The van der Waals surface area contributed by atoms with Crippen LogP contribution in [0.5, 0.6) is 17.2 Å². The molecule has 0 N–H and O–H groups in total. The van der Waals surface area contributed by atoms with E-state index in [0.717, 1.165) is 22.2 Å². The van der Waals surface area contributed by atoms with Crippen molar-refractivity contribution in [2.45, 2.75) is 25.9 Å². The van der Waals surface area contributed by atoms with Crippen molar-refractivity contribution in [3.63, 3.8) is 0 Å². The summed E-state index contributed by atoms with van der Waals surface area (Å²) in [5.74, 6) is 2.09. The van der Waals surface area contributed by atoms with Crippen LogP contribution in [0, 0.1) is 11.3 Å². The average molecular weight is 344 g/mol. The molecule has 3 nitrogen and oxygen atoms in total. The molecule has 0 radical (unpaired) electrons. The van der Waals surface area contributed by atoms with Crippen molar-refractivity contribution in [2.75, 3.05) is 0 Å². The zero-order chi connectivity index (χ0) is 15.0. The highest BCUT2D eigenvalue weighted by molar-refractivity contribution is 9.10. The minimum absolute atomic E-state index is 0.211. The van der Waals surface area contributed by atoms with Crippen LogP contribution in [0.4, 0.5) is 0 Å². The topological polar surface area (TPSA) is 42.2 Å². The van der Waals surface area contributed by atoms with Crippen LogP contribution in [0.15, 0.2) is 40.9 Å². The Morgan fingerprint density at radius 3 is 2.86 bits per heavy atom. The normalized spacial score (nSPS) is 15.0. The highest BCUT2D eigenvalue weighted by Gasteiger charge is 2.32. The smallest absolute Gasteiger partial charge is 0.169 e. The SMILES string of the molecule is CC1(C)Cc2cccc(Oc3cc(Br)cc(C#N)c3)c2O1. The molecule has 0 bridgehead atoms. The monoisotopic (exact) mass is 343 g/mol. The van der Waals surface area contributed by atoms with Crippen LogP contribution in [-0.4, -0.2) is 5.60 Å². The molecule has 1 heterocycles. The Hall–Kier alpha value is -1.99. The standard InChI is InChI=1S/C17H14BrNO2/c1-17(2)9-12-4-3-5-15(16(12)21-17)20-14-7-11(10-19)6-13(18)8-14/h3-8H,9H2,1-2H3. The molecule has 4 heteroatoms. The summed E-state index contributed by atoms with van der Waals surface area (Å²) in [6, 6.07) is 13.3. The number of nitrogens with zero attached hydrogens (tertiary/aromatic N) is 1. The molecule has 3 rings (SSSR count). The van der Waals surface area contributed by atoms with Crippen molar-refractivity contribution in [1.29, 1.82) is 5.26 Å². The van der Waals surface area contributed by atoms with E-state index in [-0.39, 0.29) is 5.60 Å². The summed E-state index contributed by atoms with van der Waals surface area (Å²) >= 11 is 3.39. The lowest BCUT2D eigenvalue weighted by Crippen LogP contribution is -2.24. The molecular formula is C17H14BrNO2. The molecule has 0 fully saturated rings. The number of ether oxygens (including phenoxy) is 2. The molecule has 106 valence electrons. The largest absolute Gasteiger partial charge is 0.483 e. The Bertz CT molecular complexity index is 747. The van der Waals surface area contributed by atoms with E-state index >= 15 is 0 Å². The van der Waals surface area contributed by atoms with Crippen molar-refractivity contribution >= 4 is 15.9 Å². The van der Waals surface area contributed by atoms with Crippen molar-refractivity contribution in [3.05, 3.63) is 52.0 Å². The fourth-order valence-corrected chi connectivity index (χ4v) is 2.95. The molecule has 2 aromatic carbocycles. The van der Waals surface area contributed by atoms with E-state index in [1.54, 1.807) is 12.1 Å². The third kappa shape index (κ3) is 2.88. The van der Waals surface area contributed by atoms with Crippen molar-refractivity contribution in [1.82, 2.24) is 0 Å². The number of hydrogen-bond donors (Lipinski definition) is 0. The fraction of sp³-hybridized carbons (Fsp3) is 0.235. The second-order valence-electron chi connectivity index (χ2n) is 5.67. The highest BCUT2D eigenvalue weighted by Crippen LogP contribution is 2.43. The van der Waals surface area contributed by atoms with Gasteiger partial charge in [0.05, 0.1) is 11.6 Å². The fourth-order valence-electron chi connectivity index (χ4n) is 2.48. The molecule has 0 atom stereocenters. The van der Waals surface area contributed by atoms with E-state index < -0.39 is 0 Å². The Morgan fingerprint density at radius 2 is 2.10 bits per heavy atom. The molecule has 0 aliphatic carbocycles. The number of hydrogen-bond acceptors (Lipinski definition) is 3. The summed E-state index contributed by atoms with van der Waals surface area (Å²) < 4.78 is 12.7. The van der Waals surface area contributed by atoms with Gasteiger partial charge in [-0.25, -0.2) is 0 Å². The maximum Gasteiger partial charge on any atom is 0.169 e. The van der Waals surface area contributed by atoms with Crippen LogP contribution in [0.1, 0.15) is 25.0 Å². The van der Waals surface area contributed by atoms with Gasteiger partial charge in [-0.1, -0.05) is 28.1 Å². The Morgan fingerprint density at radius 1 is 1.29 bits per heavy atom. The average Bonchev–Trinajstić information content (AvgIpc) is 2.73. The quantitative estimate of drug-likeness (QED) is 0.784. The van der Waals surface area contributed by atoms with Gasteiger partial charge >= 0.3 is 0 Å². The van der Waals surface area contributed by atoms with Gasteiger partial charge in [-0.3, -0.25) is 0 Å². The number of nitriles is 1. The summed E-state index contributed by atoms with van der Waals surface area (Å²) in [6.07, 6.45) is 0.863. The van der Waals surface area contributed by atoms with E-state index in [2.05, 4.69) is 41.9 Å². The predicted octanol–water partition coefficient (Wildman–Crippen LogP) is 4.83. The first kappa shape index (κ1) is 14.0. The van der Waals surface area contributed by atoms with Crippen LogP contribution >= 0.6 is 15.9 Å². The van der Waals surface area contributed by atoms with Gasteiger partial charge in [0.1, 0.15) is 11.4 Å². The summed E-state index contributed by atoms with van der Waals surface area (Å²) in [7, 11) is 0. The van der Waals surface area contributed by atoms with E-state index in [9.17, 15) is 0 Å². The lowest BCUT2D eigenvalue weighted by atomic mass is 10.0. The van der Waals surface area contributed by atoms with Crippen LogP contribution in [0.2, 0.25) is 0 Å². The molecule has 0 aromatic heterocycles. The summed E-state index contributed by atoms with van der Waals surface area (Å²) in [5.41, 5.74) is 1.48. The molecule has 0 unspecified atom stereocenters. The third-order valence-electron chi connectivity index (χ3n) is 3.28. The maximum atomic E-state index is 9.02. The van der Waals surface area contributed by atoms with E-state index in [1.807, 2.05) is 18.2 Å². The van der Waals surface area contributed by atoms with Crippen LogP contribution in [0.25, 0.3) is 0 Å². The minimum atomic E-state index is -0.211. The molecule has 1 aliphatic heterocycles. The maximum absolute atomic E-state index is 9.02. The molecule has 0 spiro atoms. The Balaban J connectivity index is 1.96. The van der Waals surface area contributed by atoms with E-state index in [4.69, 9.17) is 14.7 Å². The van der Waals surface area contributed by atoms with Gasteiger partial charge in [0.2, 0.25) is 0 Å². The lowest BCUT2D eigenvalue weighted by molar-refractivity contribution is 0.135. The summed E-state index contributed by atoms with van der Waals surface area (Å²) in [6.45, 7) is 4.12. The second-order valence-corrected chi connectivity index (χ2v) is 6.59. The minimum Gasteiger partial charge on any atom is -0.483 e. The molecule has 0 saturated heterocycles. The van der Waals surface area contributed by atoms with Crippen molar-refractivity contribution < 1.29 is 9.47 Å². The van der Waals surface area contributed by atoms with Gasteiger partial charge in [0, 0.05) is 16.5 Å². The molecule has 21 heavy (non-hydrogen) atoms. The first-order valence-electron chi connectivity index (χ1n) is 6.66. The molecule has 2 aromatic rings. The predicted molar refractivity (Wildman–Crippen MR) is 83.8 cm³/mol. The summed E-state index contributed by atoms with van der Waals surface area (Å²) in [4.78, 5) is 0. The molecular weight excluding hydrogens is 330 g/mol. The highest BCUT2D eigenvalue weighted by atomic mass is 79.9. The number of halogens is 1. The van der Waals surface area contributed by atoms with Gasteiger partial charge in [0.15, 0.2) is 11.5 Å². The zero-order valence-corrected chi connectivity index (χ0v) is 13.4. The number of rotatable bonds is 2. The number of para-hydroxylation sites is 1. The van der Waals surface area contributed by atoms with Gasteiger partial charge in [-0.15, -0.1) is 0 Å².